The summed E-state index contributed by atoms with van der Waals surface area (Å²) >= 11 is 5.79. The van der Waals surface area contributed by atoms with Crippen molar-refractivity contribution in [1.82, 2.24) is 0 Å². The summed E-state index contributed by atoms with van der Waals surface area (Å²) in [5.41, 5.74) is 0.412. The van der Waals surface area contributed by atoms with Gasteiger partial charge in [-0.1, -0.05) is 29.8 Å². The maximum absolute atomic E-state index is 12.0. The second-order valence-corrected chi connectivity index (χ2v) is 6.16. The van der Waals surface area contributed by atoms with E-state index in [0.29, 0.717) is 17.2 Å². The van der Waals surface area contributed by atoms with Gasteiger partial charge < -0.3 is 19.9 Å². The third-order valence-corrected chi connectivity index (χ3v) is 3.86. The maximum atomic E-state index is 12.0. The molecule has 3 rings (SSSR count). The van der Waals surface area contributed by atoms with Crippen molar-refractivity contribution >= 4 is 29.2 Å². The molecule has 0 aliphatic heterocycles. The third kappa shape index (κ3) is 5.25. The smallest absolute Gasteiger partial charge is 0.342 e. The topological polar surface area (TPSA) is 84.9 Å². The maximum Gasteiger partial charge on any atom is 0.342 e. The normalized spacial score (nSPS) is 10.2. The molecule has 6 nitrogen and oxygen atoms in total. The van der Waals surface area contributed by atoms with Crippen LogP contribution in [-0.4, -0.2) is 23.6 Å². The fourth-order valence-electron chi connectivity index (χ4n) is 2.31. The first kappa shape index (κ1) is 19.3. The van der Waals surface area contributed by atoms with Crippen molar-refractivity contribution in [3.8, 4) is 17.2 Å². The molecule has 0 aliphatic rings. The molecule has 0 radical (unpaired) electrons. The van der Waals surface area contributed by atoms with E-state index in [1.807, 2.05) is 30.3 Å². The second kappa shape index (κ2) is 8.92. The summed E-state index contributed by atoms with van der Waals surface area (Å²) in [4.78, 5) is 23.9. The zero-order valence-electron chi connectivity index (χ0n) is 14.6. The number of anilines is 1. The summed E-state index contributed by atoms with van der Waals surface area (Å²) in [6.07, 6.45) is 0. The van der Waals surface area contributed by atoms with Crippen molar-refractivity contribution in [2.45, 2.75) is 0 Å². The Balaban J connectivity index is 1.52. The van der Waals surface area contributed by atoms with E-state index in [9.17, 15) is 14.7 Å². The number of phenols is 1. The molecule has 0 saturated heterocycles. The predicted molar refractivity (Wildman–Crippen MR) is 105 cm³/mol. The van der Waals surface area contributed by atoms with Crippen molar-refractivity contribution in [2.75, 3.05) is 11.9 Å². The van der Waals surface area contributed by atoms with Crippen molar-refractivity contribution in [2.24, 2.45) is 0 Å². The van der Waals surface area contributed by atoms with E-state index < -0.39 is 18.5 Å². The molecular weight excluding hydrogens is 382 g/mol. The Kier molecular flexibility index (Phi) is 6.14. The molecule has 0 saturated carbocycles. The van der Waals surface area contributed by atoms with Gasteiger partial charge in [0.2, 0.25) is 0 Å². The minimum Gasteiger partial charge on any atom is -0.507 e. The SMILES string of the molecule is O=C(COC(=O)c1cc(Cl)ccc1O)Nc1ccc(Oc2ccccc2)cc1. The number of ether oxygens (including phenoxy) is 2. The molecule has 7 heteroatoms. The van der Waals surface area contributed by atoms with Gasteiger partial charge in [0.05, 0.1) is 0 Å². The zero-order chi connectivity index (χ0) is 19.9. The Hall–Kier alpha value is -3.51. The number of benzene rings is 3. The van der Waals surface area contributed by atoms with Crippen molar-refractivity contribution in [3.05, 3.63) is 83.4 Å². The molecule has 0 heterocycles. The van der Waals surface area contributed by atoms with E-state index in [1.54, 1.807) is 24.3 Å². The first-order valence-electron chi connectivity index (χ1n) is 8.30. The Morgan fingerprint density at radius 2 is 1.61 bits per heavy atom. The molecule has 1 amide bonds. The van der Waals surface area contributed by atoms with Crippen LogP contribution >= 0.6 is 11.6 Å². The van der Waals surface area contributed by atoms with Crippen LogP contribution < -0.4 is 10.1 Å². The molecule has 0 aliphatic carbocycles. The van der Waals surface area contributed by atoms with Crippen molar-refractivity contribution < 1.29 is 24.2 Å². The molecule has 2 N–H and O–H groups in total. The monoisotopic (exact) mass is 397 g/mol. The number of esters is 1. The number of hydrogen-bond donors (Lipinski definition) is 2. The summed E-state index contributed by atoms with van der Waals surface area (Å²) in [6, 6.07) is 20.0. The minimum absolute atomic E-state index is 0.109. The van der Waals surface area contributed by atoms with Crippen LogP contribution in [0.15, 0.2) is 72.8 Å². The lowest BCUT2D eigenvalue weighted by Gasteiger charge is -2.09. The van der Waals surface area contributed by atoms with Gasteiger partial charge in [-0.15, -0.1) is 0 Å². The van der Waals surface area contributed by atoms with E-state index in [-0.39, 0.29) is 16.3 Å². The fraction of sp³-hybridized carbons (Fsp3) is 0.0476. The third-order valence-electron chi connectivity index (χ3n) is 3.63. The number of carbonyl (C=O) groups is 2. The van der Waals surface area contributed by atoms with E-state index >= 15 is 0 Å². The molecular formula is C21H16ClNO5. The summed E-state index contributed by atoms with van der Waals surface area (Å²) in [5.74, 6) is -0.320. The lowest BCUT2D eigenvalue weighted by molar-refractivity contribution is -0.119. The summed E-state index contributed by atoms with van der Waals surface area (Å²) < 4.78 is 10.6. The van der Waals surface area contributed by atoms with Gasteiger partial charge in [0, 0.05) is 10.7 Å². The van der Waals surface area contributed by atoms with Gasteiger partial charge >= 0.3 is 5.97 Å². The number of aromatic hydroxyl groups is 1. The van der Waals surface area contributed by atoms with Gasteiger partial charge in [0.15, 0.2) is 6.61 Å². The molecule has 142 valence electrons. The summed E-state index contributed by atoms with van der Waals surface area (Å²) in [7, 11) is 0. The average molecular weight is 398 g/mol. The average Bonchev–Trinajstić information content (AvgIpc) is 2.70. The van der Waals surface area contributed by atoms with E-state index in [4.69, 9.17) is 21.1 Å². The number of para-hydroxylation sites is 1. The first-order valence-corrected chi connectivity index (χ1v) is 8.67. The molecule has 0 atom stereocenters. The predicted octanol–water partition coefficient (Wildman–Crippen LogP) is 4.63. The summed E-state index contributed by atoms with van der Waals surface area (Å²) in [5, 5.41) is 12.5. The molecule has 0 bridgehead atoms. The number of rotatable bonds is 6. The number of nitrogens with one attached hydrogen (secondary N) is 1. The highest BCUT2D eigenvalue weighted by Crippen LogP contribution is 2.23. The molecule has 0 spiro atoms. The van der Waals surface area contributed by atoms with Crippen LogP contribution in [0.4, 0.5) is 5.69 Å². The standard InChI is InChI=1S/C21H16ClNO5/c22-14-6-11-19(24)18(12-14)21(26)27-13-20(25)23-15-7-9-17(10-8-15)28-16-4-2-1-3-5-16/h1-12,24H,13H2,(H,23,25). The largest absolute Gasteiger partial charge is 0.507 e. The van der Waals surface area contributed by atoms with Crippen molar-refractivity contribution in [3.63, 3.8) is 0 Å². The highest BCUT2D eigenvalue weighted by atomic mass is 35.5. The highest BCUT2D eigenvalue weighted by molar-refractivity contribution is 6.31. The molecule has 0 fully saturated rings. The molecule has 3 aromatic rings. The van der Waals surface area contributed by atoms with Crippen molar-refractivity contribution in [1.29, 1.82) is 0 Å². The van der Waals surface area contributed by atoms with Gasteiger partial charge in [-0.05, 0) is 54.6 Å². The van der Waals surface area contributed by atoms with Crippen LogP contribution in [0.5, 0.6) is 17.2 Å². The lowest BCUT2D eigenvalue weighted by atomic mass is 10.2. The van der Waals surface area contributed by atoms with Crippen LogP contribution in [0.3, 0.4) is 0 Å². The number of amides is 1. The Morgan fingerprint density at radius 3 is 2.32 bits per heavy atom. The van der Waals surface area contributed by atoms with E-state index in [1.165, 1.54) is 18.2 Å². The first-order chi connectivity index (χ1) is 13.5. The van der Waals surface area contributed by atoms with Crippen LogP contribution in [0.1, 0.15) is 10.4 Å². The van der Waals surface area contributed by atoms with E-state index in [0.717, 1.165) is 0 Å². The molecule has 0 aromatic heterocycles. The second-order valence-electron chi connectivity index (χ2n) is 5.73. The summed E-state index contributed by atoms with van der Waals surface area (Å²) in [6.45, 7) is -0.507. The fourth-order valence-corrected chi connectivity index (χ4v) is 2.48. The lowest BCUT2D eigenvalue weighted by Crippen LogP contribution is -2.20. The van der Waals surface area contributed by atoms with Crippen LogP contribution in [-0.2, 0) is 9.53 Å². The Labute approximate surface area is 166 Å². The van der Waals surface area contributed by atoms with Crippen LogP contribution in [0, 0.1) is 0 Å². The molecule has 28 heavy (non-hydrogen) atoms. The number of hydrogen-bond acceptors (Lipinski definition) is 5. The van der Waals surface area contributed by atoms with Gasteiger partial charge in [0.25, 0.3) is 5.91 Å². The van der Waals surface area contributed by atoms with Gasteiger partial charge in [-0.3, -0.25) is 4.79 Å². The number of phenolic OH excluding ortho intramolecular Hbond substituents is 1. The molecule has 0 unspecified atom stereocenters. The highest BCUT2D eigenvalue weighted by Gasteiger charge is 2.15. The van der Waals surface area contributed by atoms with Crippen LogP contribution in [0.25, 0.3) is 0 Å². The van der Waals surface area contributed by atoms with Gasteiger partial charge in [-0.25, -0.2) is 4.79 Å². The Bertz CT molecular complexity index is 974. The zero-order valence-corrected chi connectivity index (χ0v) is 15.3. The molecule has 3 aromatic carbocycles. The number of carbonyl (C=O) groups excluding carboxylic acids is 2. The quantitative estimate of drug-likeness (QED) is 0.592. The number of halogens is 1. The van der Waals surface area contributed by atoms with Gasteiger partial charge in [0.1, 0.15) is 22.8 Å². The minimum atomic E-state index is -0.846. The van der Waals surface area contributed by atoms with E-state index in [2.05, 4.69) is 5.32 Å². The van der Waals surface area contributed by atoms with Crippen LogP contribution in [0.2, 0.25) is 5.02 Å². The Morgan fingerprint density at radius 1 is 0.929 bits per heavy atom. The van der Waals surface area contributed by atoms with Gasteiger partial charge in [-0.2, -0.15) is 0 Å².